The molecule has 0 spiro atoms. The Balaban J connectivity index is 2.16. The highest BCUT2D eigenvalue weighted by Gasteiger charge is 2.30. The van der Waals surface area contributed by atoms with Crippen molar-refractivity contribution in [3.05, 3.63) is 61.0 Å². The highest BCUT2D eigenvalue weighted by Crippen LogP contribution is 2.39. The van der Waals surface area contributed by atoms with Gasteiger partial charge in [-0.05, 0) is 96.3 Å². The summed E-state index contributed by atoms with van der Waals surface area (Å²) in [6, 6.07) is 4.50. The molecule has 0 radical (unpaired) electrons. The normalized spacial score (nSPS) is 18.0. The lowest BCUT2D eigenvalue weighted by Gasteiger charge is -2.41. The molecule has 198 valence electrons. The maximum Gasteiger partial charge on any atom is 0.254 e. The van der Waals surface area contributed by atoms with Crippen LogP contribution < -0.4 is 16.2 Å². The molecule has 2 aromatic rings. The van der Waals surface area contributed by atoms with E-state index >= 15 is 0 Å². The number of benzene rings is 1. The number of anilines is 1. The van der Waals surface area contributed by atoms with Gasteiger partial charge in [0.1, 0.15) is 0 Å². The molecule has 3 N–H and O–H groups in total. The molecule has 1 aliphatic carbocycles. The van der Waals surface area contributed by atoms with Crippen LogP contribution in [-0.2, 0) is 13.0 Å². The van der Waals surface area contributed by atoms with Gasteiger partial charge in [0.05, 0.1) is 6.61 Å². The molecule has 1 aromatic carbocycles. The zero-order valence-electron chi connectivity index (χ0n) is 22.5. The number of primary amides is 1. The maximum atomic E-state index is 13.4. The molecule has 0 bridgehead atoms. The highest BCUT2D eigenvalue weighted by molar-refractivity contribution is 6.32. The van der Waals surface area contributed by atoms with Crippen LogP contribution in [0.2, 0.25) is 5.02 Å². The second kappa shape index (κ2) is 11.8. The average molecular weight is 517 g/mol. The Bertz CT molecular complexity index is 1170. The predicted molar refractivity (Wildman–Crippen MR) is 148 cm³/mol. The van der Waals surface area contributed by atoms with E-state index in [-0.39, 0.29) is 18.7 Å². The predicted octanol–water partition coefficient (Wildman–Crippen LogP) is 3.81. The molecule has 7 nitrogen and oxygen atoms in total. The number of pyridine rings is 1. The van der Waals surface area contributed by atoms with Crippen molar-refractivity contribution in [2.24, 2.45) is 5.73 Å². The standard InChI is InChI=1S/C28H41ClN4O3/c1-7-32(21-10-8-20(9-11-21)31(5)6)26-19(4)23(27(30)35)16-25(29)24(26)15-22-17(2)14-18(3)33(12-13-34)28(22)36/h14,16,20-21,34H,7-13,15H2,1-6H3,(H2,30,35). The fourth-order valence-corrected chi connectivity index (χ4v) is 6.09. The van der Waals surface area contributed by atoms with E-state index in [2.05, 4.69) is 30.8 Å². The fraction of sp³-hybridized carbons (Fsp3) is 0.571. The van der Waals surface area contributed by atoms with Crippen molar-refractivity contribution in [3.63, 3.8) is 0 Å². The smallest absolute Gasteiger partial charge is 0.254 e. The molecule has 0 aliphatic heterocycles. The van der Waals surface area contributed by atoms with E-state index in [0.29, 0.717) is 34.7 Å². The van der Waals surface area contributed by atoms with E-state index in [9.17, 15) is 14.7 Å². The van der Waals surface area contributed by atoms with E-state index in [4.69, 9.17) is 17.3 Å². The van der Waals surface area contributed by atoms with Crippen molar-refractivity contribution in [2.45, 2.75) is 78.4 Å². The van der Waals surface area contributed by atoms with Crippen molar-refractivity contribution in [2.75, 3.05) is 32.1 Å². The van der Waals surface area contributed by atoms with Gasteiger partial charge in [0, 0.05) is 59.1 Å². The van der Waals surface area contributed by atoms with Gasteiger partial charge in [0.25, 0.3) is 5.56 Å². The lowest BCUT2D eigenvalue weighted by atomic mass is 9.87. The van der Waals surface area contributed by atoms with Crippen molar-refractivity contribution < 1.29 is 9.90 Å². The highest BCUT2D eigenvalue weighted by atomic mass is 35.5. The number of aromatic nitrogens is 1. The summed E-state index contributed by atoms with van der Waals surface area (Å²) >= 11 is 6.85. The zero-order valence-corrected chi connectivity index (χ0v) is 23.3. The van der Waals surface area contributed by atoms with Gasteiger partial charge in [-0.2, -0.15) is 0 Å². The van der Waals surface area contributed by atoms with Crippen molar-refractivity contribution >= 4 is 23.2 Å². The third kappa shape index (κ3) is 5.63. The topological polar surface area (TPSA) is 91.8 Å². The van der Waals surface area contributed by atoms with Crippen LogP contribution in [0, 0.1) is 20.8 Å². The second-order valence-corrected chi connectivity index (χ2v) is 10.6. The molecule has 0 saturated heterocycles. The summed E-state index contributed by atoms with van der Waals surface area (Å²) in [5.41, 5.74) is 11.0. The first kappa shape index (κ1) is 28.2. The molecule has 1 aliphatic rings. The third-order valence-electron chi connectivity index (χ3n) is 7.84. The maximum absolute atomic E-state index is 13.4. The summed E-state index contributed by atoms with van der Waals surface area (Å²) in [5.74, 6) is -0.508. The molecule has 0 unspecified atom stereocenters. The summed E-state index contributed by atoms with van der Waals surface area (Å²) < 4.78 is 1.61. The summed E-state index contributed by atoms with van der Waals surface area (Å²) in [7, 11) is 4.27. The summed E-state index contributed by atoms with van der Waals surface area (Å²) in [6.07, 6.45) is 4.64. The zero-order chi connectivity index (χ0) is 26.7. The number of halogens is 1. The Kier molecular flexibility index (Phi) is 9.25. The van der Waals surface area contributed by atoms with Crippen LogP contribution in [0.5, 0.6) is 0 Å². The Labute approximate surface area is 219 Å². The van der Waals surface area contributed by atoms with Gasteiger partial charge in [0.15, 0.2) is 0 Å². The minimum absolute atomic E-state index is 0.110. The molecule has 1 aromatic heterocycles. The summed E-state index contributed by atoms with van der Waals surface area (Å²) in [6.45, 7) is 8.75. The van der Waals surface area contributed by atoms with Crippen LogP contribution >= 0.6 is 11.6 Å². The fourth-order valence-electron chi connectivity index (χ4n) is 5.83. The van der Waals surface area contributed by atoms with Crippen molar-refractivity contribution in [1.29, 1.82) is 0 Å². The molecule has 1 saturated carbocycles. The van der Waals surface area contributed by atoms with Gasteiger partial charge in [-0.1, -0.05) is 11.6 Å². The van der Waals surface area contributed by atoms with Gasteiger partial charge < -0.3 is 25.2 Å². The number of aliphatic hydroxyl groups is 1. The van der Waals surface area contributed by atoms with E-state index in [1.165, 1.54) is 0 Å². The molecular formula is C28H41ClN4O3. The third-order valence-corrected chi connectivity index (χ3v) is 8.18. The van der Waals surface area contributed by atoms with Crippen molar-refractivity contribution in [1.82, 2.24) is 9.47 Å². The number of nitrogens with two attached hydrogens (primary N) is 1. The van der Waals surface area contributed by atoms with Gasteiger partial charge >= 0.3 is 0 Å². The minimum atomic E-state index is -0.508. The Morgan fingerprint density at radius 3 is 2.25 bits per heavy atom. The van der Waals surface area contributed by atoms with Gasteiger partial charge in [-0.3, -0.25) is 9.59 Å². The number of hydrogen-bond donors (Lipinski definition) is 2. The van der Waals surface area contributed by atoms with Gasteiger partial charge in [-0.15, -0.1) is 0 Å². The Hall–Kier alpha value is -2.35. The van der Waals surface area contributed by atoms with E-state index in [1.807, 2.05) is 26.8 Å². The monoisotopic (exact) mass is 516 g/mol. The largest absolute Gasteiger partial charge is 0.395 e. The molecule has 0 atom stereocenters. The molecule has 1 fully saturated rings. The van der Waals surface area contributed by atoms with Gasteiger partial charge in [0.2, 0.25) is 5.91 Å². The number of aliphatic hydroxyl groups excluding tert-OH is 1. The molecule has 36 heavy (non-hydrogen) atoms. The van der Waals surface area contributed by atoms with E-state index in [1.54, 1.807) is 10.6 Å². The number of rotatable bonds is 9. The number of amides is 1. The van der Waals surface area contributed by atoms with E-state index in [0.717, 1.165) is 60.3 Å². The Morgan fingerprint density at radius 2 is 1.72 bits per heavy atom. The summed E-state index contributed by atoms with van der Waals surface area (Å²) in [5, 5.41) is 9.94. The van der Waals surface area contributed by atoms with Gasteiger partial charge in [-0.25, -0.2) is 0 Å². The van der Waals surface area contributed by atoms with Crippen LogP contribution in [-0.4, -0.2) is 59.8 Å². The SMILES string of the molecule is CCN(c1c(C)c(C(N)=O)cc(Cl)c1Cc1c(C)cc(C)n(CCO)c1=O)C1CCC(N(C)C)CC1. The number of carbonyl (C=O) groups is 1. The number of aryl methyl sites for hydroxylation is 2. The quantitative estimate of drug-likeness (QED) is 0.529. The molecule has 1 amide bonds. The molecular weight excluding hydrogens is 476 g/mol. The van der Waals surface area contributed by atoms with Crippen LogP contribution in [0.3, 0.4) is 0 Å². The summed E-state index contributed by atoms with van der Waals surface area (Å²) in [4.78, 5) is 30.4. The molecule has 8 heteroatoms. The van der Waals surface area contributed by atoms with Crippen LogP contribution in [0.15, 0.2) is 16.9 Å². The molecule has 1 heterocycles. The van der Waals surface area contributed by atoms with Crippen LogP contribution in [0.1, 0.15) is 70.9 Å². The number of carbonyl (C=O) groups excluding carboxylic acids is 1. The average Bonchev–Trinajstić information content (AvgIpc) is 2.83. The first-order chi connectivity index (χ1) is 17.0. The second-order valence-electron chi connectivity index (χ2n) is 10.2. The lowest BCUT2D eigenvalue weighted by molar-refractivity contribution is 0.0999. The Morgan fingerprint density at radius 1 is 1.11 bits per heavy atom. The minimum Gasteiger partial charge on any atom is -0.395 e. The van der Waals surface area contributed by atoms with Crippen LogP contribution in [0.25, 0.3) is 0 Å². The lowest BCUT2D eigenvalue weighted by Crippen LogP contribution is -2.43. The number of nitrogens with zero attached hydrogens (tertiary/aromatic N) is 3. The molecule has 3 rings (SSSR count). The number of hydrogen-bond acceptors (Lipinski definition) is 5. The van der Waals surface area contributed by atoms with Crippen LogP contribution in [0.4, 0.5) is 5.69 Å². The van der Waals surface area contributed by atoms with E-state index < -0.39 is 5.91 Å². The first-order valence-corrected chi connectivity index (χ1v) is 13.2. The van der Waals surface area contributed by atoms with Crippen molar-refractivity contribution in [3.8, 4) is 0 Å². The first-order valence-electron chi connectivity index (χ1n) is 12.9.